The summed E-state index contributed by atoms with van der Waals surface area (Å²) in [5.41, 5.74) is -0.0350. The van der Waals surface area contributed by atoms with Gasteiger partial charge in [0.15, 0.2) is 5.96 Å². The van der Waals surface area contributed by atoms with Crippen LogP contribution < -0.4 is 10.6 Å². The van der Waals surface area contributed by atoms with Gasteiger partial charge in [-0.3, -0.25) is 0 Å². The lowest BCUT2D eigenvalue weighted by Gasteiger charge is -2.13. The summed E-state index contributed by atoms with van der Waals surface area (Å²) in [6, 6.07) is 4.22. The maximum Gasteiger partial charge on any atom is 0.216 e. The van der Waals surface area contributed by atoms with E-state index < -0.39 is 0 Å². The maximum atomic E-state index is 5.78. The molecule has 0 aliphatic carbocycles. The Morgan fingerprint density at radius 2 is 2.08 bits per heavy atom. The topological polar surface area (TPSA) is 62.5 Å². The van der Waals surface area contributed by atoms with E-state index in [1.165, 1.54) is 4.88 Å². The zero-order valence-corrected chi connectivity index (χ0v) is 19.8. The minimum atomic E-state index is -0.0350. The smallest absolute Gasteiger partial charge is 0.216 e. The van der Waals surface area contributed by atoms with Gasteiger partial charge in [-0.1, -0.05) is 20.8 Å². The molecule has 0 aliphatic heterocycles. The molecule has 0 bridgehead atoms. The number of halogens is 2. The summed E-state index contributed by atoms with van der Waals surface area (Å²) < 4.78 is 6.94. The Labute approximate surface area is 179 Å². The normalized spacial score (nSPS) is 12.0. The summed E-state index contributed by atoms with van der Waals surface area (Å²) in [7, 11) is 0. The van der Waals surface area contributed by atoms with E-state index in [0.717, 1.165) is 35.0 Å². The van der Waals surface area contributed by atoms with Crippen molar-refractivity contribution in [2.24, 2.45) is 4.99 Å². The van der Waals surface area contributed by atoms with E-state index >= 15 is 0 Å². The van der Waals surface area contributed by atoms with E-state index in [2.05, 4.69) is 76.4 Å². The van der Waals surface area contributed by atoms with Crippen LogP contribution in [0.1, 0.15) is 44.2 Å². The zero-order valence-electron chi connectivity index (χ0n) is 15.1. The molecule has 0 atom stereocenters. The second-order valence-corrected chi connectivity index (χ2v) is 8.99. The van der Waals surface area contributed by atoms with Crippen LogP contribution in [-0.4, -0.2) is 24.0 Å². The Morgan fingerprint density at radius 1 is 1.32 bits per heavy atom. The van der Waals surface area contributed by atoms with E-state index in [1.807, 2.05) is 0 Å². The minimum Gasteiger partial charge on any atom is -0.443 e. The van der Waals surface area contributed by atoms with Crippen molar-refractivity contribution in [2.75, 3.05) is 13.1 Å². The van der Waals surface area contributed by atoms with Crippen LogP contribution >= 0.6 is 51.2 Å². The van der Waals surface area contributed by atoms with Crippen molar-refractivity contribution in [3.05, 3.63) is 38.6 Å². The van der Waals surface area contributed by atoms with Crippen LogP contribution in [0.15, 0.2) is 31.5 Å². The average molecular weight is 541 g/mol. The Hall–Kier alpha value is -0.610. The molecule has 2 aromatic heterocycles. The third-order valence-corrected chi connectivity index (χ3v) is 4.99. The van der Waals surface area contributed by atoms with Gasteiger partial charge in [0.25, 0.3) is 0 Å². The zero-order chi connectivity index (χ0) is 17.6. The van der Waals surface area contributed by atoms with Gasteiger partial charge in [0.1, 0.15) is 12.3 Å². The van der Waals surface area contributed by atoms with Crippen molar-refractivity contribution in [1.82, 2.24) is 15.6 Å². The van der Waals surface area contributed by atoms with Gasteiger partial charge in [0.2, 0.25) is 5.89 Å². The molecular weight excluding hydrogens is 515 g/mol. The van der Waals surface area contributed by atoms with Crippen molar-refractivity contribution in [3.63, 3.8) is 0 Å². The monoisotopic (exact) mass is 540 g/mol. The molecule has 140 valence electrons. The third kappa shape index (κ3) is 7.65. The number of hydrogen-bond acceptors (Lipinski definition) is 4. The molecule has 5 nitrogen and oxygen atoms in total. The molecule has 0 saturated heterocycles. The van der Waals surface area contributed by atoms with Crippen LogP contribution in [0.25, 0.3) is 0 Å². The summed E-state index contributed by atoms with van der Waals surface area (Å²) in [6.45, 7) is 10.4. The van der Waals surface area contributed by atoms with Gasteiger partial charge in [-0.2, -0.15) is 0 Å². The minimum absolute atomic E-state index is 0. The van der Waals surface area contributed by atoms with Crippen LogP contribution in [0.2, 0.25) is 0 Å². The van der Waals surface area contributed by atoms with Crippen molar-refractivity contribution in [3.8, 4) is 0 Å². The highest BCUT2D eigenvalue weighted by Gasteiger charge is 2.18. The Kier molecular flexibility index (Phi) is 9.44. The SMILES string of the molecule is CCNC(=NCc1ncc(C(C)(C)C)o1)NCCc1ccc(Br)s1.I. The molecule has 0 radical (unpaired) electrons. The Balaban J connectivity index is 0.00000312. The quantitative estimate of drug-likeness (QED) is 0.316. The largest absolute Gasteiger partial charge is 0.443 e. The highest BCUT2D eigenvalue weighted by atomic mass is 127. The first-order valence-electron chi connectivity index (χ1n) is 8.10. The molecule has 2 N–H and O–H groups in total. The number of oxazole rings is 1. The molecule has 0 aliphatic rings. The van der Waals surface area contributed by atoms with Crippen LogP contribution in [0, 0.1) is 0 Å². The molecule has 2 aromatic rings. The van der Waals surface area contributed by atoms with Crippen LogP contribution in [0.5, 0.6) is 0 Å². The molecule has 8 heteroatoms. The molecule has 0 amide bonds. The number of aliphatic imine (C=N–C) groups is 1. The number of nitrogens with zero attached hydrogens (tertiary/aromatic N) is 2. The van der Waals surface area contributed by atoms with E-state index in [9.17, 15) is 0 Å². The third-order valence-electron chi connectivity index (χ3n) is 3.30. The maximum absolute atomic E-state index is 5.78. The lowest BCUT2D eigenvalue weighted by atomic mass is 9.94. The highest BCUT2D eigenvalue weighted by molar-refractivity contribution is 14.0. The van der Waals surface area contributed by atoms with Gasteiger partial charge < -0.3 is 15.1 Å². The van der Waals surface area contributed by atoms with Crippen LogP contribution in [-0.2, 0) is 18.4 Å². The van der Waals surface area contributed by atoms with Crippen LogP contribution in [0.4, 0.5) is 0 Å². The first kappa shape index (κ1) is 22.4. The van der Waals surface area contributed by atoms with Gasteiger partial charge in [-0.25, -0.2) is 9.98 Å². The molecule has 25 heavy (non-hydrogen) atoms. The standard InChI is InChI=1S/C17H25BrN4OS.HI/c1-5-19-16(20-9-8-12-6-7-14(18)24-12)22-11-15-21-10-13(23-15)17(2,3)4;/h6-7,10H,5,8-9,11H2,1-4H3,(H2,19,20,22);1H. The summed E-state index contributed by atoms with van der Waals surface area (Å²) in [5, 5.41) is 6.59. The van der Waals surface area contributed by atoms with Crippen molar-refractivity contribution in [2.45, 2.75) is 46.1 Å². The van der Waals surface area contributed by atoms with Crippen molar-refractivity contribution >= 4 is 57.2 Å². The van der Waals surface area contributed by atoms with Gasteiger partial charge in [-0.05, 0) is 41.4 Å². The second-order valence-electron chi connectivity index (χ2n) is 6.45. The lowest BCUT2D eigenvalue weighted by molar-refractivity contribution is 0.383. The molecule has 0 fully saturated rings. The highest BCUT2D eigenvalue weighted by Crippen LogP contribution is 2.23. The summed E-state index contributed by atoms with van der Waals surface area (Å²) in [4.78, 5) is 10.2. The first-order chi connectivity index (χ1) is 11.4. The average Bonchev–Trinajstić information content (AvgIpc) is 3.13. The number of hydrogen-bond donors (Lipinski definition) is 2. The number of rotatable bonds is 6. The molecule has 2 heterocycles. The second kappa shape index (κ2) is 10.5. The predicted octanol–water partition coefficient (Wildman–Crippen LogP) is 4.71. The van der Waals surface area contributed by atoms with E-state index in [-0.39, 0.29) is 29.4 Å². The fraction of sp³-hybridized carbons (Fsp3) is 0.529. The Morgan fingerprint density at radius 3 is 2.64 bits per heavy atom. The van der Waals surface area contributed by atoms with E-state index in [1.54, 1.807) is 17.5 Å². The fourth-order valence-corrected chi connectivity index (χ4v) is 3.49. The summed E-state index contributed by atoms with van der Waals surface area (Å²) in [5.74, 6) is 2.30. The predicted molar refractivity (Wildman–Crippen MR) is 119 cm³/mol. The molecular formula is C17H26BrIN4OS. The molecule has 0 saturated carbocycles. The first-order valence-corrected chi connectivity index (χ1v) is 9.71. The number of guanidine groups is 1. The van der Waals surface area contributed by atoms with Gasteiger partial charge >= 0.3 is 0 Å². The van der Waals surface area contributed by atoms with Gasteiger partial charge in [-0.15, -0.1) is 35.3 Å². The fourth-order valence-electron chi connectivity index (χ4n) is 2.01. The molecule has 2 rings (SSSR count). The molecule has 0 spiro atoms. The van der Waals surface area contributed by atoms with Crippen molar-refractivity contribution in [1.29, 1.82) is 0 Å². The van der Waals surface area contributed by atoms with Crippen LogP contribution in [0.3, 0.4) is 0 Å². The van der Waals surface area contributed by atoms with Crippen molar-refractivity contribution < 1.29 is 4.42 Å². The molecule has 0 aromatic carbocycles. The summed E-state index contributed by atoms with van der Waals surface area (Å²) >= 11 is 5.25. The van der Waals surface area contributed by atoms with E-state index in [0.29, 0.717) is 12.4 Å². The number of nitrogens with one attached hydrogen (secondary N) is 2. The lowest BCUT2D eigenvalue weighted by Crippen LogP contribution is -2.38. The molecule has 0 unspecified atom stereocenters. The number of thiophene rings is 1. The van der Waals surface area contributed by atoms with Gasteiger partial charge in [0.05, 0.1) is 9.98 Å². The number of aromatic nitrogens is 1. The summed E-state index contributed by atoms with van der Waals surface area (Å²) in [6.07, 6.45) is 2.76. The Bertz CT molecular complexity index is 678. The van der Waals surface area contributed by atoms with E-state index in [4.69, 9.17) is 4.42 Å². The van der Waals surface area contributed by atoms with Gasteiger partial charge in [0, 0.05) is 23.4 Å².